The first kappa shape index (κ1) is 41.9. The Bertz CT molecular complexity index is 1610. The van der Waals surface area contributed by atoms with Crippen LogP contribution in [-0.2, 0) is 32.7 Å². The molecule has 0 bridgehead atoms. The van der Waals surface area contributed by atoms with Gasteiger partial charge in [0, 0.05) is 0 Å². The molecule has 286 valence electrons. The summed E-state index contributed by atoms with van der Waals surface area (Å²) in [4.78, 5) is 24.9. The van der Waals surface area contributed by atoms with Gasteiger partial charge < -0.3 is 37.9 Å². The van der Waals surface area contributed by atoms with E-state index in [2.05, 4.69) is 0 Å². The van der Waals surface area contributed by atoms with E-state index in [1.165, 1.54) is 54.8 Å². The fraction of sp³-hybridized carbons (Fsp3) is 0.459. The molecule has 0 aliphatic heterocycles. The lowest BCUT2D eigenvalue weighted by molar-refractivity contribution is -0.162. The van der Waals surface area contributed by atoms with Gasteiger partial charge >= 0.3 is 19.5 Å². The molecule has 0 fully saturated rings. The molecule has 13 nitrogen and oxygen atoms in total. The van der Waals surface area contributed by atoms with Crippen molar-refractivity contribution in [2.24, 2.45) is 10.8 Å². The lowest BCUT2D eigenvalue weighted by atomic mass is 9.95. The molecule has 0 N–H and O–H groups in total. The number of benzene rings is 3. The summed E-state index contributed by atoms with van der Waals surface area (Å²) >= 11 is 0. The van der Waals surface area contributed by atoms with Gasteiger partial charge in [-0.3, -0.25) is 23.2 Å². The zero-order chi connectivity index (χ0) is 39.0. The summed E-state index contributed by atoms with van der Waals surface area (Å²) in [5.41, 5.74) is -0.172. The first-order chi connectivity index (χ1) is 24.4. The molecule has 3 aromatic rings. The normalized spacial score (nSPS) is 12.4. The number of carbonyl (C=O) groups is 2. The lowest BCUT2D eigenvalue weighted by Crippen LogP contribution is -2.25. The molecule has 0 aliphatic rings. The summed E-state index contributed by atoms with van der Waals surface area (Å²) in [6.07, 6.45) is 0. The van der Waals surface area contributed by atoms with Gasteiger partial charge in [-0.2, -0.15) is 0 Å². The third kappa shape index (κ3) is 9.87. The van der Waals surface area contributed by atoms with Crippen LogP contribution in [0.25, 0.3) is 22.3 Å². The monoisotopic (exact) mass is 750 g/mol. The minimum atomic E-state index is -4.92. The van der Waals surface area contributed by atoms with Crippen molar-refractivity contribution in [3.63, 3.8) is 0 Å². The predicted octanol–water partition coefficient (Wildman–Crippen LogP) is 8.36. The van der Waals surface area contributed by atoms with E-state index < -0.39 is 49.9 Å². The maximum Gasteiger partial charge on any atom is 0.374 e. The average Bonchev–Trinajstić information content (AvgIpc) is 3.11. The molecule has 0 amide bonds. The number of rotatable bonds is 16. The van der Waals surface area contributed by atoms with Crippen molar-refractivity contribution < 1.29 is 65.5 Å². The first-order valence-electron chi connectivity index (χ1n) is 16.0. The lowest BCUT2D eigenvalue weighted by Gasteiger charge is -2.25. The van der Waals surface area contributed by atoms with Crippen molar-refractivity contribution in [2.75, 3.05) is 56.2 Å². The van der Waals surface area contributed by atoms with Gasteiger partial charge in [0.05, 0.1) is 53.5 Å². The van der Waals surface area contributed by atoms with Gasteiger partial charge in [-0.05, 0) is 112 Å². The van der Waals surface area contributed by atoms with Crippen LogP contribution in [0.4, 0.5) is 4.39 Å². The highest BCUT2D eigenvalue weighted by molar-refractivity contribution is 7.54. The van der Waals surface area contributed by atoms with E-state index in [4.69, 9.17) is 46.9 Å². The fourth-order valence-electron chi connectivity index (χ4n) is 4.71. The number of ether oxygens (including phenoxy) is 8. The third-order valence-corrected chi connectivity index (χ3v) is 9.36. The van der Waals surface area contributed by atoms with Crippen LogP contribution < -0.4 is 28.4 Å². The van der Waals surface area contributed by atoms with Crippen molar-refractivity contribution in [3.8, 4) is 56.8 Å². The molecule has 0 radical (unpaired) electrons. The maximum absolute atomic E-state index is 17.0. The zero-order valence-corrected chi connectivity index (χ0v) is 32.6. The van der Waals surface area contributed by atoms with Gasteiger partial charge in [0.1, 0.15) is 0 Å². The van der Waals surface area contributed by atoms with Crippen LogP contribution in [0.5, 0.6) is 34.5 Å². The molecule has 0 saturated carbocycles. The van der Waals surface area contributed by atoms with E-state index in [-0.39, 0.29) is 5.56 Å². The fourth-order valence-corrected chi connectivity index (χ4v) is 5.96. The minimum absolute atomic E-state index is 0.164. The summed E-state index contributed by atoms with van der Waals surface area (Å²) in [6.45, 7) is 7.82. The largest absolute Gasteiger partial charge is 0.493 e. The summed E-state index contributed by atoms with van der Waals surface area (Å²) < 4.78 is 85.5. The molecule has 52 heavy (non-hydrogen) atoms. The van der Waals surface area contributed by atoms with Gasteiger partial charge in [-0.15, -0.1) is 0 Å². The average molecular weight is 751 g/mol. The van der Waals surface area contributed by atoms with Gasteiger partial charge in [-0.1, -0.05) is 0 Å². The quantitative estimate of drug-likeness (QED) is 0.0786. The Kier molecular flexibility index (Phi) is 14.0. The van der Waals surface area contributed by atoms with Crippen molar-refractivity contribution in [1.29, 1.82) is 0 Å². The number of hydrogen-bond acceptors (Lipinski definition) is 13. The Labute approximate surface area is 304 Å². The Morgan fingerprint density at radius 3 is 1.13 bits per heavy atom. The summed E-state index contributed by atoms with van der Waals surface area (Å²) in [6, 6.07) is 11.3. The molecule has 0 aliphatic carbocycles. The number of carbonyl (C=O) groups excluding carboxylic acids is 2. The molecule has 15 heteroatoms. The molecule has 3 rings (SSSR count). The molecule has 0 aromatic heterocycles. The third-order valence-electron chi connectivity index (χ3n) is 7.57. The van der Waals surface area contributed by atoms with E-state index in [0.29, 0.717) is 56.8 Å². The Morgan fingerprint density at radius 1 is 0.558 bits per heavy atom. The molecule has 1 atom stereocenters. The van der Waals surface area contributed by atoms with Crippen LogP contribution >= 0.6 is 7.60 Å². The van der Waals surface area contributed by atoms with Crippen molar-refractivity contribution >= 4 is 19.5 Å². The number of methoxy groups -OCH3 is 6. The SMILES string of the molecule is COc1cc(-c2cc(-c3cc(OC)c(OC)c(OC)c3)cc(C(F)P(=O)(OCOC(=O)C(C)(C)C)OCOC(=O)C(C)(C)C)c2)cc(OC)c1OC. The highest BCUT2D eigenvalue weighted by Crippen LogP contribution is 2.62. The predicted molar refractivity (Wildman–Crippen MR) is 191 cm³/mol. The van der Waals surface area contributed by atoms with E-state index >= 15 is 4.39 Å². The standard InChI is InChI=1S/C37H48FO13P/c1-36(2,3)34(39)48-20-50-52(41,51-21-49-35(40)37(4,5)6)33(38)26-14-22(24-16-27(42-7)31(46-11)28(17-24)43-8)13-23(15-26)25-18-29(44-9)32(47-12)30(19-25)45-10/h13-19,33H,20-21H2,1-12H3. The van der Waals surface area contributed by atoms with Crippen LogP contribution in [0.1, 0.15) is 53.0 Å². The van der Waals surface area contributed by atoms with E-state index in [1.807, 2.05) is 0 Å². The second-order valence-electron chi connectivity index (χ2n) is 13.4. The molecular weight excluding hydrogens is 702 g/mol. The topological polar surface area (TPSA) is 144 Å². The van der Waals surface area contributed by atoms with Crippen LogP contribution in [0.2, 0.25) is 0 Å². The number of alkyl halides is 1. The molecule has 1 unspecified atom stereocenters. The summed E-state index contributed by atoms with van der Waals surface area (Å²) in [5.74, 6) is -1.90. The van der Waals surface area contributed by atoms with Gasteiger partial charge in [0.25, 0.3) is 0 Å². The summed E-state index contributed by atoms with van der Waals surface area (Å²) in [5, 5.41) is 0. The van der Waals surface area contributed by atoms with Gasteiger partial charge in [-0.25, -0.2) is 4.39 Å². The second-order valence-corrected chi connectivity index (χ2v) is 15.5. The van der Waals surface area contributed by atoms with E-state index in [9.17, 15) is 14.2 Å². The van der Waals surface area contributed by atoms with Crippen LogP contribution in [0.3, 0.4) is 0 Å². The van der Waals surface area contributed by atoms with Crippen LogP contribution in [0.15, 0.2) is 42.5 Å². The first-order valence-corrected chi connectivity index (χ1v) is 17.6. The number of esters is 2. The maximum atomic E-state index is 17.0. The highest BCUT2D eigenvalue weighted by atomic mass is 31.2. The van der Waals surface area contributed by atoms with E-state index in [1.54, 1.807) is 71.9 Å². The van der Waals surface area contributed by atoms with Crippen molar-refractivity contribution in [3.05, 3.63) is 48.0 Å². The second kappa shape index (κ2) is 17.3. The Hall–Kier alpha value is -4.52. The molecule has 0 spiro atoms. The van der Waals surface area contributed by atoms with Crippen LogP contribution in [0, 0.1) is 10.8 Å². The highest BCUT2D eigenvalue weighted by Gasteiger charge is 2.40. The van der Waals surface area contributed by atoms with Crippen molar-refractivity contribution in [2.45, 2.75) is 47.5 Å². The molecule has 3 aromatic carbocycles. The van der Waals surface area contributed by atoms with Crippen LogP contribution in [-0.4, -0.2) is 68.2 Å². The molecule has 0 saturated heterocycles. The van der Waals surface area contributed by atoms with Crippen molar-refractivity contribution in [1.82, 2.24) is 0 Å². The van der Waals surface area contributed by atoms with Gasteiger partial charge in [0.15, 0.2) is 23.0 Å². The van der Waals surface area contributed by atoms with Gasteiger partial charge in [0.2, 0.25) is 31.0 Å². The summed E-state index contributed by atoms with van der Waals surface area (Å²) in [7, 11) is 3.84. The Morgan fingerprint density at radius 2 is 0.865 bits per heavy atom. The number of halogens is 1. The molecule has 0 heterocycles. The minimum Gasteiger partial charge on any atom is -0.493 e. The number of hydrogen-bond donors (Lipinski definition) is 0. The van der Waals surface area contributed by atoms with E-state index in [0.717, 1.165) is 0 Å². The Balaban J connectivity index is 2.27. The zero-order valence-electron chi connectivity index (χ0n) is 31.7. The smallest absolute Gasteiger partial charge is 0.374 e. The molecular formula is C37H48FO13P.